The quantitative estimate of drug-likeness (QED) is 0.623. The Kier molecular flexibility index (Phi) is 3.39. The molecule has 0 saturated carbocycles. The standard InChI is InChI=1S/C16H14N6OS/c1-21-8-11(7-17-21)19-15(23)13-9-24-16(20-13)12-5-3-4-10-6-18-22(2)14(10)12/h3-9H,1-2H3,(H,19,23). The molecule has 0 radical (unpaired) electrons. The summed E-state index contributed by atoms with van der Waals surface area (Å²) in [5, 5.41) is 14.7. The number of amides is 1. The van der Waals surface area contributed by atoms with Crippen LogP contribution in [0.2, 0.25) is 0 Å². The van der Waals surface area contributed by atoms with Crippen molar-refractivity contribution in [1.82, 2.24) is 24.5 Å². The number of carbonyl (C=O) groups is 1. The largest absolute Gasteiger partial charge is 0.318 e. The summed E-state index contributed by atoms with van der Waals surface area (Å²) in [6, 6.07) is 5.97. The van der Waals surface area contributed by atoms with Crippen molar-refractivity contribution in [2.75, 3.05) is 5.32 Å². The van der Waals surface area contributed by atoms with Crippen LogP contribution in [0.1, 0.15) is 10.5 Å². The first-order chi connectivity index (χ1) is 11.6. The Morgan fingerprint density at radius 2 is 2.08 bits per heavy atom. The van der Waals surface area contributed by atoms with Gasteiger partial charge in [0.05, 0.1) is 23.6 Å². The minimum atomic E-state index is -0.248. The molecule has 7 nitrogen and oxygen atoms in total. The SMILES string of the molecule is Cn1cc(NC(=O)c2csc(-c3cccc4cnn(C)c34)n2)cn1. The van der Waals surface area contributed by atoms with Crippen LogP contribution >= 0.6 is 11.3 Å². The molecule has 0 atom stereocenters. The van der Waals surface area contributed by atoms with Gasteiger partial charge in [-0.3, -0.25) is 14.2 Å². The number of aromatic nitrogens is 5. The summed E-state index contributed by atoms with van der Waals surface area (Å²) < 4.78 is 3.45. The van der Waals surface area contributed by atoms with Crippen molar-refractivity contribution in [1.29, 1.82) is 0 Å². The van der Waals surface area contributed by atoms with Gasteiger partial charge in [-0.1, -0.05) is 12.1 Å². The molecule has 120 valence electrons. The molecule has 4 rings (SSSR count). The Hall–Kier alpha value is -3.00. The van der Waals surface area contributed by atoms with E-state index in [1.807, 2.05) is 36.1 Å². The average Bonchev–Trinajstić information content (AvgIpc) is 3.28. The van der Waals surface area contributed by atoms with Gasteiger partial charge >= 0.3 is 0 Å². The van der Waals surface area contributed by atoms with Gasteiger partial charge in [0.1, 0.15) is 10.7 Å². The Labute approximate surface area is 141 Å². The van der Waals surface area contributed by atoms with E-state index in [4.69, 9.17) is 0 Å². The van der Waals surface area contributed by atoms with E-state index >= 15 is 0 Å². The molecule has 0 spiro atoms. The second kappa shape index (κ2) is 5.57. The average molecular weight is 338 g/mol. The van der Waals surface area contributed by atoms with Crippen molar-refractivity contribution in [2.45, 2.75) is 0 Å². The van der Waals surface area contributed by atoms with Crippen LogP contribution in [0.4, 0.5) is 5.69 Å². The van der Waals surface area contributed by atoms with Gasteiger partial charge in [-0.15, -0.1) is 11.3 Å². The van der Waals surface area contributed by atoms with Gasteiger partial charge in [-0.05, 0) is 6.07 Å². The second-order valence-electron chi connectivity index (χ2n) is 5.41. The summed E-state index contributed by atoms with van der Waals surface area (Å²) in [7, 11) is 3.70. The maximum Gasteiger partial charge on any atom is 0.275 e. The highest BCUT2D eigenvalue weighted by Crippen LogP contribution is 2.30. The minimum Gasteiger partial charge on any atom is -0.318 e. The maximum atomic E-state index is 12.3. The minimum absolute atomic E-state index is 0.248. The third-order valence-electron chi connectivity index (χ3n) is 3.69. The Bertz CT molecular complexity index is 1040. The molecule has 0 unspecified atom stereocenters. The molecule has 3 heterocycles. The molecule has 0 bridgehead atoms. The number of benzene rings is 1. The van der Waals surface area contributed by atoms with Gasteiger partial charge in [0.2, 0.25) is 0 Å². The van der Waals surface area contributed by atoms with Gasteiger partial charge in [0.25, 0.3) is 5.91 Å². The zero-order valence-electron chi connectivity index (χ0n) is 13.1. The fourth-order valence-corrected chi connectivity index (χ4v) is 3.41. The number of anilines is 1. The van der Waals surface area contributed by atoms with Gasteiger partial charge in [0, 0.05) is 36.6 Å². The molecule has 0 saturated heterocycles. The van der Waals surface area contributed by atoms with Crippen LogP contribution in [-0.2, 0) is 14.1 Å². The number of hydrogen-bond acceptors (Lipinski definition) is 5. The zero-order valence-corrected chi connectivity index (χ0v) is 13.9. The van der Waals surface area contributed by atoms with Crippen LogP contribution in [0.25, 0.3) is 21.5 Å². The molecule has 8 heteroatoms. The molecule has 0 aliphatic carbocycles. The lowest BCUT2D eigenvalue weighted by Gasteiger charge is -2.02. The first-order valence-electron chi connectivity index (χ1n) is 7.28. The summed E-state index contributed by atoms with van der Waals surface area (Å²) in [6.45, 7) is 0. The normalized spacial score (nSPS) is 11.1. The molecule has 0 fully saturated rings. The van der Waals surface area contributed by atoms with Crippen LogP contribution in [0.15, 0.2) is 42.2 Å². The number of thiazole rings is 1. The first-order valence-corrected chi connectivity index (χ1v) is 8.16. The lowest BCUT2D eigenvalue weighted by atomic mass is 10.1. The lowest BCUT2D eigenvalue weighted by molar-refractivity contribution is 0.102. The van der Waals surface area contributed by atoms with Crippen LogP contribution < -0.4 is 5.32 Å². The lowest BCUT2D eigenvalue weighted by Crippen LogP contribution is -2.11. The van der Waals surface area contributed by atoms with Crippen molar-refractivity contribution in [3.63, 3.8) is 0 Å². The van der Waals surface area contributed by atoms with Crippen LogP contribution in [-0.4, -0.2) is 30.5 Å². The summed E-state index contributed by atoms with van der Waals surface area (Å²) >= 11 is 1.44. The fraction of sp³-hybridized carbons (Fsp3) is 0.125. The van der Waals surface area contributed by atoms with E-state index < -0.39 is 0 Å². The van der Waals surface area contributed by atoms with Crippen LogP contribution in [0.5, 0.6) is 0 Å². The molecule has 1 aromatic carbocycles. The number of hydrogen-bond donors (Lipinski definition) is 1. The second-order valence-corrected chi connectivity index (χ2v) is 6.26. The third kappa shape index (κ3) is 2.46. The molecule has 24 heavy (non-hydrogen) atoms. The summed E-state index contributed by atoms with van der Waals surface area (Å²) in [5.74, 6) is -0.248. The smallest absolute Gasteiger partial charge is 0.275 e. The van der Waals surface area contributed by atoms with Crippen molar-refractivity contribution in [3.05, 3.63) is 47.9 Å². The third-order valence-corrected chi connectivity index (χ3v) is 4.57. The molecule has 3 aromatic heterocycles. The van der Waals surface area contributed by atoms with E-state index in [2.05, 4.69) is 20.5 Å². The predicted molar refractivity (Wildman–Crippen MR) is 93.0 cm³/mol. The van der Waals surface area contributed by atoms with Crippen molar-refractivity contribution in [2.24, 2.45) is 14.1 Å². The highest BCUT2D eigenvalue weighted by molar-refractivity contribution is 7.13. The predicted octanol–water partition coefficient (Wildman–Crippen LogP) is 2.68. The molecule has 0 aliphatic rings. The van der Waals surface area contributed by atoms with E-state index in [-0.39, 0.29) is 5.91 Å². The number of aryl methyl sites for hydroxylation is 2. The molecular weight excluding hydrogens is 324 g/mol. The molecule has 1 amide bonds. The number of fused-ring (bicyclic) bond motifs is 1. The van der Waals surface area contributed by atoms with Gasteiger partial charge in [-0.2, -0.15) is 10.2 Å². The van der Waals surface area contributed by atoms with Gasteiger partial charge in [0.15, 0.2) is 0 Å². The van der Waals surface area contributed by atoms with Crippen molar-refractivity contribution >= 4 is 33.8 Å². The van der Waals surface area contributed by atoms with E-state index in [1.54, 1.807) is 29.5 Å². The number of rotatable bonds is 3. The number of para-hydroxylation sites is 1. The highest BCUT2D eigenvalue weighted by Gasteiger charge is 2.15. The number of carbonyl (C=O) groups excluding carboxylic acids is 1. The van der Waals surface area contributed by atoms with E-state index in [9.17, 15) is 4.79 Å². The molecule has 0 aliphatic heterocycles. The number of nitrogens with zero attached hydrogens (tertiary/aromatic N) is 5. The van der Waals surface area contributed by atoms with Crippen molar-refractivity contribution in [3.8, 4) is 10.6 Å². The van der Waals surface area contributed by atoms with Crippen LogP contribution in [0.3, 0.4) is 0 Å². The van der Waals surface area contributed by atoms with E-state index in [0.717, 1.165) is 21.5 Å². The monoisotopic (exact) mass is 338 g/mol. The molecular formula is C16H14N6OS. The van der Waals surface area contributed by atoms with Crippen molar-refractivity contribution < 1.29 is 4.79 Å². The van der Waals surface area contributed by atoms with E-state index in [1.165, 1.54) is 11.3 Å². The first kappa shape index (κ1) is 14.6. The van der Waals surface area contributed by atoms with E-state index in [0.29, 0.717) is 11.4 Å². The fourth-order valence-electron chi connectivity index (χ4n) is 2.59. The molecule has 1 N–H and O–H groups in total. The Morgan fingerprint density at radius 3 is 2.88 bits per heavy atom. The molecule has 4 aromatic rings. The van der Waals surface area contributed by atoms with Crippen LogP contribution in [0, 0.1) is 0 Å². The number of nitrogens with one attached hydrogen (secondary N) is 1. The summed E-state index contributed by atoms with van der Waals surface area (Å²) in [4.78, 5) is 16.8. The van der Waals surface area contributed by atoms with Gasteiger partial charge < -0.3 is 5.32 Å². The van der Waals surface area contributed by atoms with Gasteiger partial charge in [-0.25, -0.2) is 4.98 Å². The Balaban J connectivity index is 1.67. The summed E-state index contributed by atoms with van der Waals surface area (Å²) in [5.41, 5.74) is 3.01. The zero-order chi connectivity index (χ0) is 16.7. The highest BCUT2D eigenvalue weighted by atomic mass is 32.1. The Morgan fingerprint density at radius 1 is 1.21 bits per heavy atom. The topological polar surface area (TPSA) is 77.6 Å². The maximum absolute atomic E-state index is 12.3. The summed E-state index contributed by atoms with van der Waals surface area (Å²) in [6.07, 6.45) is 5.16.